The van der Waals surface area contributed by atoms with Gasteiger partial charge in [-0.15, -0.1) is 0 Å². The lowest BCUT2D eigenvalue weighted by molar-refractivity contribution is -0.140. The van der Waals surface area contributed by atoms with Crippen molar-refractivity contribution in [1.82, 2.24) is 0 Å². The third-order valence-corrected chi connectivity index (χ3v) is 10.1. The van der Waals surface area contributed by atoms with Gasteiger partial charge in [0, 0.05) is 0 Å². The molecule has 0 radical (unpaired) electrons. The summed E-state index contributed by atoms with van der Waals surface area (Å²) < 4.78 is 32.3. The van der Waals surface area contributed by atoms with E-state index in [4.69, 9.17) is 0 Å². The lowest BCUT2D eigenvalue weighted by atomic mass is 9.93. The second kappa shape index (κ2) is 28.6. The maximum atomic E-state index is 12.2. The predicted molar refractivity (Wildman–Crippen MR) is 181 cm³/mol. The minimum atomic E-state index is -4.68. The number of allylic oxidation sites excluding steroid dienone is 4. The minimum absolute atomic E-state index is 0.0104. The van der Waals surface area contributed by atoms with Crippen molar-refractivity contribution in [2.75, 3.05) is 0 Å². The first-order chi connectivity index (χ1) is 20.3. The molecule has 248 valence electrons. The first kappa shape index (κ1) is 40.9. The van der Waals surface area contributed by atoms with E-state index in [1.807, 2.05) is 0 Å². The summed E-state index contributed by atoms with van der Waals surface area (Å²) in [7, 11) is -4.68. The van der Waals surface area contributed by atoms with Gasteiger partial charge in [0.05, 0.1) is 0 Å². The van der Waals surface area contributed by atoms with Crippen LogP contribution in [0.2, 0.25) is 0 Å². The van der Waals surface area contributed by atoms with Crippen LogP contribution in [0, 0.1) is 0 Å². The molecule has 1 unspecified atom stereocenters. The molecule has 1 atom stereocenters. The summed E-state index contributed by atoms with van der Waals surface area (Å²) in [6.07, 6.45) is 38.3. The Bertz CT molecular complexity index is 774. The number of carboxylic acid groups (broad SMARTS) is 1. The van der Waals surface area contributed by atoms with Crippen LogP contribution in [0.15, 0.2) is 24.3 Å². The molecule has 0 amide bonds. The molecular weight excluding hydrogens is 544 g/mol. The lowest BCUT2D eigenvalue weighted by Crippen LogP contribution is -2.46. The first-order valence-corrected chi connectivity index (χ1v) is 19.3. The molecule has 6 heteroatoms. The molecule has 0 aliphatic rings. The van der Waals surface area contributed by atoms with E-state index in [-0.39, 0.29) is 12.8 Å². The van der Waals surface area contributed by atoms with Crippen molar-refractivity contribution in [3.8, 4) is 0 Å². The third-order valence-electron chi connectivity index (χ3n) is 8.57. The molecule has 0 heterocycles. The van der Waals surface area contributed by atoms with Gasteiger partial charge in [-0.05, 0) is 64.2 Å². The zero-order valence-corrected chi connectivity index (χ0v) is 28.5. The Morgan fingerprint density at radius 2 is 0.762 bits per heavy atom. The smallest absolute Gasteiger partial charge is 0.327 e. The van der Waals surface area contributed by atoms with Crippen molar-refractivity contribution >= 4 is 16.1 Å². The summed E-state index contributed by atoms with van der Waals surface area (Å²) in [5, 5.41) is 9.83. The standard InChI is InChI=1S/C36H68O5S/c1-3-5-7-9-11-13-15-17-19-20-22-24-26-28-30-32-34-36(35(37)38,42(39,40)41)33-31-29-27-25-23-21-18-16-14-12-10-8-6-4-2/h17-19,21H,3-16,20,22-34H2,1-2H3,(H,37,38)(H,39,40,41). The Morgan fingerprint density at radius 3 is 1.02 bits per heavy atom. The molecule has 42 heavy (non-hydrogen) atoms. The SMILES string of the molecule is CCCCCCCCC=CCCCCCCCCC(CCCCCCC=CCCCCCCCC)(C(=O)O)S(=O)(=O)O. The largest absolute Gasteiger partial charge is 0.480 e. The van der Waals surface area contributed by atoms with Gasteiger partial charge in [0.25, 0.3) is 10.1 Å². The molecule has 5 nitrogen and oxygen atoms in total. The number of carbonyl (C=O) groups is 1. The van der Waals surface area contributed by atoms with Crippen LogP contribution in [0.5, 0.6) is 0 Å². The second-order valence-corrected chi connectivity index (χ2v) is 14.2. The molecule has 0 fully saturated rings. The fourth-order valence-electron chi connectivity index (χ4n) is 5.67. The van der Waals surface area contributed by atoms with Gasteiger partial charge < -0.3 is 5.11 Å². The predicted octanol–water partition coefficient (Wildman–Crippen LogP) is 11.8. The maximum Gasteiger partial charge on any atom is 0.327 e. The van der Waals surface area contributed by atoms with Gasteiger partial charge in [-0.25, -0.2) is 0 Å². The lowest BCUT2D eigenvalue weighted by Gasteiger charge is -2.26. The van der Waals surface area contributed by atoms with E-state index in [1.54, 1.807) is 0 Å². The first-order valence-electron chi connectivity index (χ1n) is 17.8. The summed E-state index contributed by atoms with van der Waals surface area (Å²) in [5.41, 5.74) is 0. The molecular formula is C36H68O5S. The summed E-state index contributed by atoms with van der Waals surface area (Å²) in [6.45, 7) is 4.48. The van der Waals surface area contributed by atoms with Crippen molar-refractivity contribution in [3.05, 3.63) is 24.3 Å². The molecule has 0 aromatic heterocycles. The highest BCUT2D eigenvalue weighted by Gasteiger charge is 2.49. The minimum Gasteiger partial charge on any atom is -0.480 e. The number of rotatable bonds is 32. The summed E-state index contributed by atoms with van der Waals surface area (Å²) >= 11 is 0. The van der Waals surface area contributed by atoms with Crippen LogP contribution < -0.4 is 0 Å². The number of hydrogen-bond acceptors (Lipinski definition) is 3. The molecule has 0 rings (SSSR count). The van der Waals surface area contributed by atoms with E-state index in [0.29, 0.717) is 12.8 Å². The molecule has 0 aliphatic carbocycles. The van der Waals surface area contributed by atoms with E-state index >= 15 is 0 Å². The second-order valence-electron chi connectivity index (χ2n) is 12.4. The Morgan fingerprint density at radius 1 is 0.500 bits per heavy atom. The van der Waals surface area contributed by atoms with Gasteiger partial charge in [-0.1, -0.05) is 154 Å². The third kappa shape index (κ3) is 22.4. The molecule has 0 aromatic carbocycles. The van der Waals surface area contributed by atoms with E-state index < -0.39 is 20.8 Å². The number of hydrogen-bond donors (Lipinski definition) is 2. The molecule has 0 saturated heterocycles. The molecule has 2 N–H and O–H groups in total. The normalized spacial score (nSPS) is 13.8. The maximum absolute atomic E-state index is 12.2. The number of unbranched alkanes of at least 4 members (excludes halogenated alkanes) is 22. The van der Waals surface area contributed by atoms with E-state index in [0.717, 1.165) is 70.6 Å². The van der Waals surface area contributed by atoms with Crippen LogP contribution in [0.25, 0.3) is 0 Å². The van der Waals surface area contributed by atoms with Crippen molar-refractivity contribution < 1.29 is 22.9 Å². The topological polar surface area (TPSA) is 91.7 Å². The highest BCUT2D eigenvalue weighted by atomic mass is 32.2. The molecule has 0 aromatic rings. The molecule has 0 saturated carbocycles. The van der Waals surface area contributed by atoms with Crippen molar-refractivity contribution in [1.29, 1.82) is 0 Å². The average Bonchev–Trinajstić information content (AvgIpc) is 2.95. The van der Waals surface area contributed by atoms with Crippen molar-refractivity contribution in [2.24, 2.45) is 0 Å². The fourth-order valence-corrected chi connectivity index (χ4v) is 6.70. The Balaban J connectivity index is 4.06. The van der Waals surface area contributed by atoms with Gasteiger partial charge in [0.2, 0.25) is 0 Å². The van der Waals surface area contributed by atoms with Gasteiger partial charge in [-0.3, -0.25) is 9.35 Å². The zero-order valence-electron chi connectivity index (χ0n) is 27.6. The highest BCUT2D eigenvalue weighted by molar-refractivity contribution is 7.88. The van der Waals surface area contributed by atoms with E-state index in [2.05, 4.69) is 38.2 Å². The summed E-state index contributed by atoms with van der Waals surface area (Å²) in [5.74, 6) is -1.41. The number of aliphatic carboxylic acids is 1. The van der Waals surface area contributed by atoms with Crippen LogP contribution >= 0.6 is 0 Å². The van der Waals surface area contributed by atoms with Gasteiger partial charge in [0.15, 0.2) is 4.75 Å². The number of carboxylic acids is 1. The monoisotopic (exact) mass is 612 g/mol. The van der Waals surface area contributed by atoms with Crippen LogP contribution in [-0.2, 0) is 14.9 Å². The van der Waals surface area contributed by atoms with E-state index in [1.165, 1.54) is 83.5 Å². The van der Waals surface area contributed by atoms with Gasteiger partial charge >= 0.3 is 5.97 Å². The molecule has 0 aliphatic heterocycles. The molecule has 0 bridgehead atoms. The Hall–Kier alpha value is -1.14. The summed E-state index contributed by atoms with van der Waals surface area (Å²) in [4.78, 5) is 12.1. The zero-order chi connectivity index (χ0) is 31.2. The van der Waals surface area contributed by atoms with Crippen LogP contribution in [-0.4, -0.2) is 28.8 Å². The van der Waals surface area contributed by atoms with Gasteiger partial charge in [0.1, 0.15) is 0 Å². The van der Waals surface area contributed by atoms with E-state index in [9.17, 15) is 22.9 Å². The fraction of sp³-hybridized carbons (Fsp3) is 0.861. The average molecular weight is 613 g/mol. The molecule has 0 spiro atoms. The summed E-state index contributed by atoms with van der Waals surface area (Å²) in [6, 6.07) is 0. The quantitative estimate of drug-likeness (QED) is 0.0448. The van der Waals surface area contributed by atoms with Crippen LogP contribution in [0.1, 0.15) is 194 Å². The highest BCUT2D eigenvalue weighted by Crippen LogP contribution is 2.31. The van der Waals surface area contributed by atoms with Crippen LogP contribution in [0.3, 0.4) is 0 Å². The Kier molecular flexibility index (Phi) is 27.8. The Labute approximate surface area is 261 Å². The van der Waals surface area contributed by atoms with Crippen molar-refractivity contribution in [3.63, 3.8) is 0 Å². The van der Waals surface area contributed by atoms with Crippen LogP contribution in [0.4, 0.5) is 0 Å². The van der Waals surface area contributed by atoms with Gasteiger partial charge in [-0.2, -0.15) is 8.42 Å². The van der Waals surface area contributed by atoms with Crippen molar-refractivity contribution in [2.45, 2.75) is 198 Å².